The number of hydrogen-bond acceptors (Lipinski definition) is 3. The number of aromatic amines is 1. The molecular formula is C26H36N4. The molecule has 160 valence electrons. The van der Waals surface area contributed by atoms with Gasteiger partial charge in [0.15, 0.2) is 0 Å². The Bertz CT molecular complexity index is 970. The van der Waals surface area contributed by atoms with E-state index in [1.165, 1.54) is 37.8 Å². The van der Waals surface area contributed by atoms with Gasteiger partial charge >= 0.3 is 0 Å². The van der Waals surface area contributed by atoms with Crippen molar-refractivity contribution in [2.24, 2.45) is 28.7 Å². The summed E-state index contributed by atoms with van der Waals surface area (Å²) in [4.78, 5) is 8.65. The molecule has 4 atom stereocenters. The standard InChI is InChI=1S/C26H36N4/c1-4-18-13-24(19-11-12-19)30-26-22(16-28-25(26)14-18)23(5-2)29-17(3)21-10-8-6-7-9-20(21)15-27/h5,13-14,16-21,28-29H,4,6-12H2,1-3H3. The number of hydrogen-bond donors (Lipinski definition) is 2. The number of H-pyrrole nitrogens is 1. The SMILES string of the molecule is CC=C(NC(C)C1CCCCCC1C#N)c1c[nH]c2c1=NC(C1CC1)=CC(CC)C=2. The fraction of sp³-hybridized carbons (Fsp3) is 0.615. The molecular weight excluding hydrogens is 368 g/mol. The third-order valence-electron chi connectivity index (χ3n) is 7.20. The second-order valence-corrected chi connectivity index (χ2v) is 9.35. The first-order valence-electron chi connectivity index (χ1n) is 12.0. The van der Waals surface area contributed by atoms with Crippen LogP contribution in [-0.2, 0) is 0 Å². The minimum absolute atomic E-state index is 0.157. The Morgan fingerprint density at radius 3 is 2.77 bits per heavy atom. The van der Waals surface area contributed by atoms with Crippen molar-refractivity contribution < 1.29 is 0 Å². The number of fused-ring (bicyclic) bond motifs is 1. The molecule has 1 aliphatic heterocycles. The zero-order valence-corrected chi connectivity index (χ0v) is 18.7. The Kier molecular flexibility index (Phi) is 6.46. The van der Waals surface area contributed by atoms with Crippen LogP contribution in [-0.4, -0.2) is 11.0 Å². The largest absolute Gasteiger partial charge is 0.382 e. The lowest BCUT2D eigenvalue weighted by Crippen LogP contribution is -2.37. The van der Waals surface area contributed by atoms with E-state index in [2.05, 4.69) is 61.6 Å². The molecule has 2 saturated carbocycles. The maximum Gasteiger partial charge on any atom is 0.0972 e. The number of aromatic nitrogens is 1. The van der Waals surface area contributed by atoms with E-state index in [0.717, 1.165) is 41.2 Å². The lowest BCUT2D eigenvalue weighted by molar-refractivity contribution is 0.308. The smallest absolute Gasteiger partial charge is 0.0972 e. The van der Waals surface area contributed by atoms with Crippen molar-refractivity contribution in [1.82, 2.24) is 10.3 Å². The van der Waals surface area contributed by atoms with E-state index in [1.807, 2.05) is 0 Å². The molecule has 0 amide bonds. The van der Waals surface area contributed by atoms with Gasteiger partial charge in [-0.3, -0.25) is 4.99 Å². The third-order valence-corrected chi connectivity index (χ3v) is 7.20. The molecule has 3 aliphatic rings. The zero-order chi connectivity index (χ0) is 21.1. The Balaban J connectivity index is 1.63. The number of allylic oxidation sites excluding steroid dienone is 3. The second kappa shape index (κ2) is 9.25. The molecule has 1 aromatic heterocycles. The van der Waals surface area contributed by atoms with Crippen LogP contribution in [0, 0.1) is 35.0 Å². The molecule has 4 nitrogen and oxygen atoms in total. The number of rotatable bonds is 6. The topological polar surface area (TPSA) is 64.0 Å². The maximum absolute atomic E-state index is 9.71. The summed E-state index contributed by atoms with van der Waals surface area (Å²) < 4.78 is 0. The summed E-state index contributed by atoms with van der Waals surface area (Å²) >= 11 is 0. The summed E-state index contributed by atoms with van der Waals surface area (Å²) in [6.45, 7) is 6.59. The van der Waals surface area contributed by atoms with Gasteiger partial charge in [0.1, 0.15) is 0 Å². The highest BCUT2D eigenvalue weighted by atomic mass is 14.9. The Morgan fingerprint density at radius 1 is 1.27 bits per heavy atom. The quantitative estimate of drug-likeness (QED) is 0.669. The lowest BCUT2D eigenvalue weighted by Gasteiger charge is -2.28. The van der Waals surface area contributed by atoms with Gasteiger partial charge in [0.25, 0.3) is 0 Å². The Morgan fingerprint density at radius 2 is 2.07 bits per heavy atom. The van der Waals surface area contributed by atoms with Crippen LogP contribution in [0.2, 0.25) is 0 Å². The Hall–Kier alpha value is -2.28. The third kappa shape index (κ3) is 4.41. The summed E-state index contributed by atoms with van der Waals surface area (Å²) in [7, 11) is 0. The first-order chi connectivity index (χ1) is 14.6. The molecule has 4 unspecified atom stereocenters. The van der Waals surface area contributed by atoms with Crippen LogP contribution in [0.5, 0.6) is 0 Å². The molecule has 0 bridgehead atoms. The summed E-state index contributed by atoms with van der Waals surface area (Å²) in [6.07, 6.45) is 18.5. The van der Waals surface area contributed by atoms with Crippen LogP contribution >= 0.6 is 0 Å². The molecule has 2 heterocycles. The minimum Gasteiger partial charge on any atom is -0.382 e. The Labute approximate surface area is 180 Å². The molecule has 2 aliphatic carbocycles. The van der Waals surface area contributed by atoms with Gasteiger partial charge in [0.2, 0.25) is 0 Å². The molecule has 30 heavy (non-hydrogen) atoms. The number of nitriles is 1. The maximum atomic E-state index is 9.71. The highest BCUT2D eigenvalue weighted by Crippen LogP contribution is 2.38. The van der Waals surface area contributed by atoms with Crippen molar-refractivity contribution in [3.05, 3.63) is 40.3 Å². The van der Waals surface area contributed by atoms with Crippen LogP contribution < -0.4 is 16.0 Å². The van der Waals surface area contributed by atoms with Crippen LogP contribution in [0.25, 0.3) is 11.8 Å². The average molecular weight is 405 g/mol. The fourth-order valence-electron chi connectivity index (χ4n) is 5.14. The van der Waals surface area contributed by atoms with Crippen LogP contribution in [0.3, 0.4) is 0 Å². The van der Waals surface area contributed by atoms with Gasteiger partial charge in [0.05, 0.1) is 22.7 Å². The first kappa shape index (κ1) is 21.0. The van der Waals surface area contributed by atoms with Gasteiger partial charge < -0.3 is 10.3 Å². The normalized spacial score (nSPS) is 28.0. The summed E-state index contributed by atoms with van der Waals surface area (Å²) in [5.41, 5.74) is 3.55. The minimum atomic E-state index is 0.157. The molecule has 0 aromatic carbocycles. The molecule has 4 heteroatoms. The molecule has 0 radical (unpaired) electrons. The van der Waals surface area contributed by atoms with Gasteiger partial charge in [-0.1, -0.05) is 44.4 Å². The van der Waals surface area contributed by atoms with Gasteiger partial charge in [0, 0.05) is 35.1 Å². The van der Waals surface area contributed by atoms with Crippen molar-refractivity contribution in [1.29, 1.82) is 5.26 Å². The van der Waals surface area contributed by atoms with E-state index in [-0.39, 0.29) is 12.0 Å². The van der Waals surface area contributed by atoms with Crippen molar-refractivity contribution in [2.45, 2.75) is 78.2 Å². The van der Waals surface area contributed by atoms with Gasteiger partial charge in [-0.05, 0) is 57.8 Å². The van der Waals surface area contributed by atoms with E-state index < -0.39 is 0 Å². The molecule has 2 fully saturated rings. The molecule has 1 aromatic rings. The zero-order valence-electron chi connectivity index (χ0n) is 18.7. The number of nitrogens with one attached hydrogen (secondary N) is 2. The highest BCUT2D eigenvalue weighted by molar-refractivity contribution is 5.63. The number of nitrogens with zero attached hydrogens (tertiary/aromatic N) is 2. The molecule has 0 spiro atoms. The molecule has 0 saturated heterocycles. The van der Waals surface area contributed by atoms with Crippen molar-refractivity contribution in [3.8, 4) is 6.07 Å². The van der Waals surface area contributed by atoms with E-state index >= 15 is 0 Å². The van der Waals surface area contributed by atoms with E-state index in [9.17, 15) is 5.26 Å². The molecule has 2 N–H and O–H groups in total. The van der Waals surface area contributed by atoms with Crippen LogP contribution in [0.1, 0.15) is 77.7 Å². The van der Waals surface area contributed by atoms with Gasteiger partial charge in [-0.2, -0.15) is 5.26 Å². The highest BCUT2D eigenvalue weighted by Gasteiger charge is 2.30. The second-order valence-electron chi connectivity index (χ2n) is 9.35. The van der Waals surface area contributed by atoms with E-state index in [4.69, 9.17) is 4.99 Å². The van der Waals surface area contributed by atoms with Gasteiger partial charge in [-0.15, -0.1) is 0 Å². The summed E-state index contributed by atoms with van der Waals surface area (Å²) in [6, 6.07) is 2.86. The van der Waals surface area contributed by atoms with Crippen molar-refractivity contribution >= 4 is 11.8 Å². The average Bonchev–Trinajstić information content (AvgIpc) is 3.58. The predicted octanol–water partition coefficient (Wildman–Crippen LogP) is 4.81. The van der Waals surface area contributed by atoms with Crippen LogP contribution in [0.15, 0.2) is 29.0 Å². The molecule has 4 rings (SSSR count). The summed E-state index contributed by atoms with van der Waals surface area (Å²) in [5.74, 6) is 1.65. The summed E-state index contributed by atoms with van der Waals surface area (Å²) in [5, 5.41) is 15.7. The van der Waals surface area contributed by atoms with Gasteiger partial charge in [-0.25, -0.2) is 0 Å². The fourth-order valence-corrected chi connectivity index (χ4v) is 5.14. The van der Waals surface area contributed by atoms with Crippen molar-refractivity contribution in [3.63, 3.8) is 0 Å². The van der Waals surface area contributed by atoms with Crippen LogP contribution in [0.4, 0.5) is 0 Å². The first-order valence-corrected chi connectivity index (χ1v) is 12.0. The van der Waals surface area contributed by atoms with Crippen molar-refractivity contribution in [2.75, 3.05) is 0 Å². The predicted molar refractivity (Wildman–Crippen MR) is 123 cm³/mol. The van der Waals surface area contributed by atoms with E-state index in [0.29, 0.717) is 17.8 Å². The lowest BCUT2D eigenvalue weighted by atomic mass is 9.83. The monoisotopic (exact) mass is 404 g/mol. The van der Waals surface area contributed by atoms with E-state index in [1.54, 1.807) is 0 Å².